The number of hydrogen-bond acceptors (Lipinski definition) is 3. The number of nitrogen functional groups attached to an aromatic ring is 1. The molecule has 1 aliphatic heterocycles. The van der Waals surface area contributed by atoms with Crippen LogP contribution in [0.1, 0.15) is 10.8 Å². The molecular weight excluding hydrogens is 244 g/mol. The van der Waals surface area contributed by atoms with Crippen LogP contribution in [0.5, 0.6) is 0 Å². The number of rotatable bonds is 1. The molecule has 0 spiro atoms. The van der Waals surface area contributed by atoms with E-state index in [1.54, 1.807) is 17.8 Å². The van der Waals surface area contributed by atoms with Crippen LogP contribution in [-0.4, -0.2) is 5.91 Å². The van der Waals surface area contributed by atoms with Gasteiger partial charge in [-0.3, -0.25) is 4.79 Å². The van der Waals surface area contributed by atoms with Crippen LogP contribution in [0.15, 0.2) is 53.4 Å². The zero-order valence-electron chi connectivity index (χ0n) is 9.59. The Morgan fingerprint density at radius 3 is 2.67 bits per heavy atom. The Balaban J connectivity index is 1.99. The molecule has 3 rings (SSSR count). The summed E-state index contributed by atoms with van der Waals surface area (Å²) >= 11 is 1.54. The van der Waals surface area contributed by atoms with E-state index in [1.165, 1.54) is 0 Å². The van der Waals surface area contributed by atoms with E-state index in [4.69, 9.17) is 5.73 Å². The maximum absolute atomic E-state index is 12.1. The average Bonchev–Trinajstić information content (AvgIpc) is 2.39. The van der Waals surface area contributed by atoms with Crippen LogP contribution in [-0.2, 0) is 4.79 Å². The van der Waals surface area contributed by atoms with E-state index >= 15 is 0 Å². The SMILES string of the molecule is Nc1ccc2c(c1)SC(c1ccccc1)C(=O)N2. The summed E-state index contributed by atoms with van der Waals surface area (Å²) < 4.78 is 0. The van der Waals surface area contributed by atoms with E-state index in [-0.39, 0.29) is 11.2 Å². The van der Waals surface area contributed by atoms with Gasteiger partial charge >= 0.3 is 0 Å². The lowest BCUT2D eigenvalue weighted by atomic mass is 10.1. The van der Waals surface area contributed by atoms with Crippen molar-refractivity contribution in [3.8, 4) is 0 Å². The van der Waals surface area contributed by atoms with Crippen LogP contribution in [0, 0.1) is 0 Å². The highest BCUT2D eigenvalue weighted by molar-refractivity contribution is 8.00. The van der Waals surface area contributed by atoms with E-state index < -0.39 is 0 Å². The fourth-order valence-electron chi connectivity index (χ4n) is 1.97. The lowest BCUT2D eigenvalue weighted by Gasteiger charge is -2.24. The van der Waals surface area contributed by atoms with E-state index in [2.05, 4.69) is 5.32 Å². The van der Waals surface area contributed by atoms with Crippen molar-refractivity contribution >= 4 is 29.0 Å². The molecule has 2 aromatic rings. The second-order valence-electron chi connectivity index (χ2n) is 4.15. The fraction of sp³-hybridized carbons (Fsp3) is 0.0714. The monoisotopic (exact) mass is 256 g/mol. The van der Waals surface area contributed by atoms with Crippen molar-refractivity contribution < 1.29 is 4.79 Å². The minimum Gasteiger partial charge on any atom is -0.399 e. The molecule has 0 saturated carbocycles. The van der Waals surface area contributed by atoms with Gasteiger partial charge in [-0.2, -0.15) is 0 Å². The molecule has 1 unspecified atom stereocenters. The molecular formula is C14H12N2OS. The standard InChI is InChI=1S/C14H12N2OS/c15-10-6-7-11-12(8-10)18-13(14(17)16-11)9-4-2-1-3-5-9/h1-8,13H,15H2,(H,16,17). The summed E-state index contributed by atoms with van der Waals surface area (Å²) in [5.74, 6) is 0.0171. The van der Waals surface area contributed by atoms with Crippen LogP contribution in [0.25, 0.3) is 0 Å². The first-order chi connectivity index (χ1) is 8.74. The molecule has 3 N–H and O–H groups in total. The topological polar surface area (TPSA) is 55.1 Å². The predicted octanol–water partition coefficient (Wildman–Crippen LogP) is 3.05. The molecule has 2 aromatic carbocycles. The molecule has 1 aliphatic rings. The van der Waals surface area contributed by atoms with Crippen molar-refractivity contribution in [2.24, 2.45) is 0 Å². The zero-order valence-corrected chi connectivity index (χ0v) is 10.4. The van der Waals surface area contributed by atoms with Gasteiger partial charge in [0, 0.05) is 10.6 Å². The minimum absolute atomic E-state index is 0.0171. The molecule has 4 heteroatoms. The van der Waals surface area contributed by atoms with Crippen molar-refractivity contribution in [2.45, 2.75) is 10.1 Å². The summed E-state index contributed by atoms with van der Waals surface area (Å²) in [6.45, 7) is 0. The Labute approximate surface area is 109 Å². The summed E-state index contributed by atoms with van der Waals surface area (Å²) in [5.41, 5.74) is 8.33. The van der Waals surface area contributed by atoms with E-state index in [9.17, 15) is 4.79 Å². The first-order valence-corrected chi connectivity index (χ1v) is 6.54. The van der Waals surface area contributed by atoms with Gasteiger partial charge in [-0.1, -0.05) is 30.3 Å². The van der Waals surface area contributed by atoms with E-state index in [0.29, 0.717) is 5.69 Å². The fourth-order valence-corrected chi connectivity index (χ4v) is 3.13. The van der Waals surface area contributed by atoms with Crippen LogP contribution >= 0.6 is 11.8 Å². The van der Waals surface area contributed by atoms with Gasteiger partial charge in [0.2, 0.25) is 5.91 Å². The van der Waals surface area contributed by atoms with Crippen molar-refractivity contribution in [3.63, 3.8) is 0 Å². The Morgan fingerprint density at radius 1 is 1.11 bits per heavy atom. The molecule has 1 heterocycles. The lowest BCUT2D eigenvalue weighted by molar-refractivity contribution is -0.115. The summed E-state index contributed by atoms with van der Waals surface area (Å²) in [4.78, 5) is 13.1. The number of nitrogens with one attached hydrogen (secondary N) is 1. The maximum Gasteiger partial charge on any atom is 0.242 e. The van der Waals surface area contributed by atoms with Gasteiger partial charge in [0.25, 0.3) is 0 Å². The molecule has 0 aliphatic carbocycles. The third kappa shape index (κ3) is 1.95. The van der Waals surface area contributed by atoms with Crippen molar-refractivity contribution in [1.29, 1.82) is 0 Å². The zero-order chi connectivity index (χ0) is 12.5. The molecule has 0 radical (unpaired) electrons. The Bertz CT molecular complexity index is 598. The van der Waals surface area contributed by atoms with Crippen LogP contribution in [0.2, 0.25) is 0 Å². The normalized spacial score (nSPS) is 18.0. The largest absolute Gasteiger partial charge is 0.399 e. The number of amides is 1. The number of benzene rings is 2. The molecule has 0 aromatic heterocycles. The van der Waals surface area contributed by atoms with Gasteiger partial charge in [-0.05, 0) is 23.8 Å². The van der Waals surface area contributed by atoms with Gasteiger partial charge < -0.3 is 11.1 Å². The second kappa shape index (κ2) is 4.38. The Morgan fingerprint density at radius 2 is 1.89 bits per heavy atom. The van der Waals surface area contributed by atoms with Gasteiger partial charge in [0.15, 0.2) is 0 Å². The van der Waals surface area contributed by atoms with E-state index in [1.807, 2.05) is 42.5 Å². The number of carbonyl (C=O) groups is 1. The van der Waals surface area contributed by atoms with Crippen LogP contribution < -0.4 is 11.1 Å². The molecule has 18 heavy (non-hydrogen) atoms. The maximum atomic E-state index is 12.1. The molecule has 0 saturated heterocycles. The highest BCUT2D eigenvalue weighted by Gasteiger charge is 2.28. The van der Waals surface area contributed by atoms with Crippen molar-refractivity contribution in [2.75, 3.05) is 11.1 Å². The Kier molecular flexibility index (Phi) is 2.72. The molecule has 90 valence electrons. The number of carbonyl (C=O) groups excluding carboxylic acids is 1. The summed E-state index contributed by atoms with van der Waals surface area (Å²) in [6.07, 6.45) is 0. The first kappa shape index (κ1) is 11.2. The minimum atomic E-state index is -0.208. The van der Waals surface area contributed by atoms with Crippen LogP contribution in [0.3, 0.4) is 0 Å². The number of nitrogens with two attached hydrogens (primary N) is 1. The molecule has 0 bridgehead atoms. The highest BCUT2D eigenvalue weighted by Crippen LogP contribution is 2.44. The van der Waals surface area contributed by atoms with Gasteiger partial charge in [-0.15, -0.1) is 11.8 Å². The number of hydrogen-bond donors (Lipinski definition) is 2. The van der Waals surface area contributed by atoms with Crippen molar-refractivity contribution in [3.05, 3.63) is 54.1 Å². The van der Waals surface area contributed by atoms with Crippen LogP contribution in [0.4, 0.5) is 11.4 Å². The third-order valence-electron chi connectivity index (χ3n) is 2.85. The second-order valence-corrected chi connectivity index (χ2v) is 5.30. The summed E-state index contributed by atoms with van der Waals surface area (Å²) in [6, 6.07) is 15.3. The molecule has 3 nitrogen and oxygen atoms in total. The summed E-state index contributed by atoms with van der Waals surface area (Å²) in [7, 11) is 0. The molecule has 1 atom stereocenters. The number of fused-ring (bicyclic) bond motifs is 1. The molecule has 0 fully saturated rings. The van der Waals surface area contributed by atoms with Gasteiger partial charge in [-0.25, -0.2) is 0 Å². The lowest BCUT2D eigenvalue weighted by Crippen LogP contribution is -2.23. The number of anilines is 2. The van der Waals surface area contributed by atoms with Gasteiger partial charge in [0.1, 0.15) is 5.25 Å². The molecule has 1 amide bonds. The predicted molar refractivity (Wildman–Crippen MR) is 74.5 cm³/mol. The number of thioether (sulfide) groups is 1. The average molecular weight is 256 g/mol. The quantitative estimate of drug-likeness (QED) is 0.771. The third-order valence-corrected chi connectivity index (χ3v) is 4.16. The smallest absolute Gasteiger partial charge is 0.242 e. The van der Waals surface area contributed by atoms with Crippen molar-refractivity contribution in [1.82, 2.24) is 0 Å². The van der Waals surface area contributed by atoms with Gasteiger partial charge in [0.05, 0.1) is 5.69 Å². The van der Waals surface area contributed by atoms with E-state index in [0.717, 1.165) is 16.1 Å². The summed E-state index contributed by atoms with van der Waals surface area (Å²) in [5, 5.41) is 2.71. The first-order valence-electron chi connectivity index (χ1n) is 5.66. The Hall–Kier alpha value is -1.94. The highest BCUT2D eigenvalue weighted by atomic mass is 32.2.